The largest absolute Gasteiger partial charge is 0.481 e. The van der Waals surface area contributed by atoms with Crippen molar-refractivity contribution in [1.82, 2.24) is 4.98 Å². The van der Waals surface area contributed by atoms with Crippen LogP contribution in [0.25, 0.3) is 0 Å². The third-order valence-electron chi connectivity index (χ3n) is 1.64. The van der Waals surface area contributed by atoms with Crippen molar-refractivity contribution in [3.8, 4) is 5.88 Å². The van der Waals surface area contributed by atoms with Crippen molar-refractivity contribution >= 4 is 11.6 Å². The van der Waals surface area contributed by atoms with Gasteiger partial charge in [-0.05, 0) is 12.5 Å². The second-order valence-electron chi connectivity index (χ2n) is 2.46. The van der Waals surface area contributed by atoms with Gasteiger partial charge in [-0.25, -0.2) is 13.8 Å². The van der Waals surface area contributed by atoms with E-state index in [2.05, 4.69) is 4.98 Å². The van der Waals surface area contributed by atoms with Crippen molar-refractivity contribution in [1.29, 1.82) is 0 Å². The third kappa shape index (κ3) is 2.06. The fraction of sp³-hybridized carbons (Fsp3) is 0.375. The van der Waals surface area contributed by atoms with E-state index in [0.717, 1.165) is 0 Å². The maximum atomic E-state index is 12.3. The lowest BCUT2D eigenvalue weighted by atomic mass is 10.2. The number of halogens is 3. The van der Waals surface area contributed by atoms with E-state index in [1.165, 1.54) is 20.1 Å². The number of methoxy groups -OCH3 is 1. The summed E-state index contributed by atoms with van der Waals surface area (Å²) in [6.45, 7) is 1.50. The zero-order chi connectivity index (χ0) is 10.0. The number of hydrogen-bond acceptors (Lipinski definition) is 2. The van der Waals surface area contributed by atoms with Gasteiger partial charge in [0.2, 0.25) is 5.88 Å². The summed E-state index contributed by atoms with van der Waals surface area (Å²) >= 11 is 5.69. The second kappa shape index (κ2) is 3.87. The van der Waals surface area contributed by atoms with Gasteiger partial charge in [-0.3, -0.25) is 0 Å². The Balaban J connectivity index is 3.25. The molecule has 72 valence electrons. The molecule has 0 unspecified atom stereocenters. The molecule has 0 spiro atoms. The molecule has 0 aliphatic rings. The number of nitrogens with zero attached hydrogens (tertiary/aromatic N) is 1. The van der Waals surface area contributed by atoms with E-state index in [0.29, 0.717) is 0 Å². The van der Waals surface area contributed by atoms with E-state index in [1.54, 1.807) is 0 Å². The minimum atomic E-state index is -2.63. The molecule has 13 heavy (non-hydrogen) atoms. The Hall–Kier alpha value is -0.900. The Kier molecular flexibility index (Phi) is 3.03. The van der Waals surface area contributed by atoms with E-state index in [1.807, 2.05) is 0 Å². The summed E-state index contributed by atoms with van der Waals surface area (Å²) < 4.78 is 29.4. The van der Waals surface area contributed by atoms with Crippen LogP contribution >= 0.6 is 11.6 Å². The molecule has 0 radical (unpaired) electrons. The lowest BCUT2D eigenvalue weighted by Crippen LogP contribution is -1.98. The number of alkyl halides is 2. The van der Waals surface area contributed by atoms with Crippen molar-refractivity contribution in [3.63, 3.8) is 0 Å². The molecule has 1 aromatic rings. The summed E-state index contributed by atoms with van der Waals surface area (Å²) in [4.78, 5) is 3.59. The van der Waals surface area contributed by atoms with Crippen molar-refractivity contribution in [2.24, 2.45) is 0 Å². The summed E-state index contributed by atoms with van der Waals surface area (Å²) in [5, 5.41) is 0.238. The van der Waals surface area contributed by atoms with Gasteiger partial charge in [0, 0.05) is 6.07 Å². The van der Waals surface area contributed by atoms with Crippen LogP contribution in [0, 0.1) is 6.92 Å². The highest BCUT2D eigenvalue weighted by Gasteiger charge is 2.16. The van der Waals surface area contributed by atoms with Crippen LogP contribution in [-0.4, -0.2) is 12.1 Å². The highest BCUT2D eigenvalue weighted by Crippen LogP contribution is 2.28. The molecule has 0 N–H and O–H groups in total. The monoisotopic (exact) mass is 207 g/mol. The first-order valence-electron chi connectivity index (χ1n) is 3.55. The predicted octanol–water partition coefficient (Wildman–Crippen LogP) is 2.99. The minimum Gasteiger partial charge on any atom is -0.481 e. The maximum Gasteiger partial charge on any atom is 0.280 e. The van der Waals surface area contributed by atoms with E-state index in [-0.39, 0.29) is 22.2 Å². The van der Waals surface area contributed by atoms with E-state index in [4.69, 9.17) is 16.3 Å². The average molecular weight is 208 g/mol. The summed E-state index contributed by atoms with van der Waals surface area (Å²) in [7, 11) is 1.35. The van der Waals surface area contributed by atoms with E-state index >= 15 is 0 Å². The Morgan fingerprint density at radius 3 is 2.62 bits per heavy atom. The van der Waals surface area contributed by atoms with Gasteiger partial charge in [-0.15, -0.1) is 0 Å². The first kappa shape index (κ1) is 10.2. The summed E-state index contributed by atoms with van der Waals surface area (Å²) in [5.41, 5.74) is -0.0400. The molecule has 0 aliphatic carbocycles. The van der Waals surface area contributed by atoms with Gasteiger partial charge < -0.3 is 4.74 Å². The van der Waals surface area contributed by atoms with Crippen LogP contribution in [0.15, 0.2) is 6.07 Å². The molecule has 0 aliphatic heterocycles. The molecule has 0 aromatic carbocycles. The molecule has 1 heterocycles. The van der Waals surface area contributed by atoms with Gasteiger partial charge in [-0.1, -0.05) is 11.6 Å². The Morgan fingerprint density at radius 2 is 2.15 bits per heavy atom. The van der Waals surface area contributed by atoms with Crippen LogP contribution in [0.1, 0.15) is 17.7 Å². The standard InChI is InChI=1S/C8H8ClF2NO/c1-4-5(9)3-6(13-2)12-7(4)8(10)11/h3,8H,1-2H3. The van der Waals surface area contributed by atoms with Gasteiger partial charge in [-0.2, -0.15) is 0 Å². The van der Waals surface area contributed by atoms with E-state index in [9.17, 15) is 8.78 Å². The molecule has 0 saturated carbocycles. The van der Waals surface area contributed by atoms with Crippen LogP contribution in [-0.2, 0) is 0 Å². The van der Waals surface area contributed by atoms with Crippen molar-refractivity contribution in [2.45, 2.75) is 13.3 Å². The number of hydrogen-bond donors (Lipinski definition) is 0. The Morgan fingerprint density at radius 1 is 1.54 bits per heavy atom. The van der Waals surface area contributed by atoms with Crippen molar-refractivity contribution < 1.29 is 13.5 Å². The molecular weight excluding hydrogens is 200 g/mol. The quantitative estimate of drug-likeness (QED) is 0.744. The van der Waals surface area contributed by atoms with Gasteiger partial charge in [0.1, 0.15) is 5.69 Å². The number of aromatic nitrogens is 1. The van der Waals surface area contributed by atoms with E-state index < -0.39 is 6.43 Å². The first-order valence-corrected chi connectivity index (χ1v) is 3.93. The normalized spacial score (nSPS) is 10.6. The molecule has 0 atom stereocenters. The lowest BCUT2D eigenvalue weighted by Gasteiger charge is -2.07. The lowest BCUT2D eigenvalue weighted by molar-refractivity contribution is 0.144. The molecule has 5 heteroatoms. The van der Waals surface area contributed by atoms with Crippen molar-refractivity contribution in [2.75, 3.05) is 7.11 Å². The Labute approximate surface area is 79.5 Å². The predicted molar refractivity (Wildman–Crippen MR) is 45.5 cm³/mol. The third-order valence-corrected chi connectivity index (χ3v) is 2.03. The van der Waals surface area contributed by atoms with Crippen LogP contribution in [0.3, 0.4) is 0 Å². The second-order valence-corrected chi connectivity index (χ2v) is 2.86. The zero-order valence-electron chi connectivity index (χ0n) is 7.14. The number of ether oxygens (including phenoxy) is 1. The van der Waals surface area contributed by atoms with Crippen LogP contribution in [0.5, 0.6) is 5.88 Å². The summed E-state index contributed by atoms with van der Waals surface area (Å²) in [5.74, 6) is 0.103. The Bertz CT molecular complexity index is 317. The van der Waals surface area contributed by atoms with Crippen LogP contribution < -0.4 is 4.74 Å². The summed E-state index contributed by atoms with van der Waals surface area (Å²) in [6, 6.07) is 1.41. The van der Waals surface area contributed by atoms with Gasteiger partial charge in [0.15, 0.2) is 0 Å². The molecule has 2 nitrogen and oxygen atoms in total. The molecule has 1 rings (SSSR count). The summed E-state index contributed by atoms with van der Waals surface area (Å²) in [6.07, 6.45) is -2.63. The van der Waals surface area contributed by atoms with Gasteiger partial charge >= 0.3 is 0 Å². The average Bonchev–Trinajstić information content (AvgIpc) is 2.09. The topological polar surface area (TPSA) is 22.1 Å². The maximum absolute atomic E-state index is 12.3. The molecule has 1 aromatic heterocycles. The minimum absolute atomic E-state index is 0.103. The smallest absolute Gasteiger partial charge is 0.280 e. The SMILES string of the molecule is COc1cc(Cl)c(C)c(C(F)F)n1. The molecule has 0 fully saturated rings. The molecule has 0 saturated heterocycles. The molecule has 0 amide bonds. The van der Waals surface area contributed by atoms with Gasteiger partial charge in [0.05, 0.1) is 12.1 Å². The number of pyridine rings is 1. The fourth-order valence-electron chi connectivity index (χ4n) is 0.891. The van der Waals surface area contributed by atoms with Crippen LogP contribution in [0.2, 0.25) is 5.02 Å². The highest BCUT2D eigenvalue weighted by atomic mass is 35.5. The zero-order valence-corrected chi connectivity index (χ0v) is 7.90. The molecule has 0 bridgehead atoms. The number of rotatable bonds is 2. The fourth-order valence-corrected chi connectivity index (χ4v) is 1.08. The molecular formula is C8H8ClF2NO. The highest BCUT2D eigenvalue weighted by molar-refractivity contribution is 6.31. The first-order chi connectivity index (χ1) is 6.06. The van der Waals surface area contributed by atoms with Gasteiger partial charge in [0.25, 0.3) is 6.43 Å². The van der Waals surface area contributed by atoms with Crippen molar-refractivity contribution in [3.05, 3.63) is 22.3 Å². The van der Waals surface area contributed by atoms with Crippen LogP contribution in [0.4, 0.5) is 8.78 Å².